The summed E-state index contributed by atoms with van der Waals surface area (Å²) in [7, 11) is 0. The van der Waals surface area contributed by atoms with Gasteiger partial charge in [0.05, 0.1) is 12.3 Å². The number of hydrogen-bond acceptors (Lipinski definition) is 5. The molecule has 0 bridgehead atoms. The quantitative estimate of drug-likeness (QED) is 0.718. The zero-order valence-electron chi connectivity index (χ0n) is 14.3. The third-order valence-corrected chi connectivity index (χ3v) is 4.13. The van der Waals surface area contributed by atoms with Gasteiger partial charge in [0.1, 0.15) is 0 Å². The number of carbonyl (C=O) groups excluding carboxylic acids is 1. The summed E-state index contributed by atoms with van der Waals surface area (Å²) >= 11 is 5.97. The van der Waals surface area contributed by atoms with Crippen LogP contribution in [0.5, 0.6) is 0 Å². The molecule has 0 spiro atoms. The molecule has 1 amide bonds. The lowest BCUT2D eigenvalue weighted by Crippen LogP contribution is -2.35. The molecule has 134 valence electrons. The van der Waals surface area contributed by atoms with Gasteiger partial charge in [0.25, 0.3) is 5.91 Å². The van der Waals surface area contributed by atoms with E-state index in [1.165, 1.54) is 0 Å². The molecule has 0 saturated carbocycles. The minimum absolute atomic E-state index is 0.137. The maximum Gasteiger partial charge on any atom is 0.251 e. The zero-order valence-corrected chi connectivity index (χ0v) is 15.1. The molecule has 3 rings (SSSR count). The highest BCUT2D eigenvalue weighted by Gasteiger charge is 2.14. The maximum atomic E-state index is 12.6. The number of aliphatic hydroxyl groups is 1. The molecular formula is C18H18ClN5O2. The average molecular weight is 372 g/mol. The summed E-state index contributed by atoms with van der Waals surface area (Å²) < 4.78 is 1.56. The minimum atomic E-state index is -0.347. The summed E-state index contributed by atoms with van der Waals surface area (Å²) in [5.41, 5.74) is 2.85. The van der Waals surface area contributed by atoms with Crippen molar-refractivity contribution in [3.8, 4) is 16.8 Å². The third kappa shape index (κ3) is 3.89. The number of benzene rings is 2. The highest BCUT2D eigenvalue weighted by molar-refractivity contribution is 6.30. The topological polar surface area (TPSA) is 92.9 Å². The molecule has 1 atom stereocenters. The number of nitrogens with one attached hydrogen (secondary N) is 1. The van der Waals surface area contributed by atoms with Gasteiger partial charge >= 0.3 is 0 Å². The van der Waals surface area contributed by atoms with E-state index in [1.807, 2.05) is 18.2 Å². The standard InChI is InChI=1S/C18H18ClN5O2/c1-11(10-25)20-18(26)15-7-14(13-3-5-16(19)6-4-13)8-17(9-15)24-12(2)21-22-23-24/h3-9,11,25H,10H2,1-2H3,(H,20,26). The van der Waals surface area contributed by atoms with Gasteiger partial charge in [0.15, 0.2) is 5.82 Å². The van der Waals surface area contributed by atoms with Crippen molar-refractivity contribution in [3.05, 3.63) is 58.9 Å². The number of nitrogens with zero attached hydrogens (tertiary/aromatic N) is 4. The fraction of sp³-hybridized carbons (Fsp3) is 0.222. The van der Waals surface area contributed by atoms with Crippen LogP contribution in [0.2, 0.25) is 5.02 Å². The van der Waals surface area contributed by atoms with E-state index >= 15 is 0 Å². The number of amides is 1. The second-order valence-electron chi connectivity index (χ2n) is 5.97. The molecule has 0 radical (unpaired) electrons. The van der Waals surface area contributed by atoms with Crippen LogP contribution >= 0.6 is 11.6 Å². The van der Waals surface area contributed by atoms with E-state index in [2.05, 4.69) is 20.8 Å². The van der Waals surface area contributed by atoms with Crippen molar-refractivity contribution >= 4 is 17.5 Å². The van der Waals surface area contributed by atoms with Gasteiger partial charge in [0, 0.05) is 16.6 Å². The minimum Gasteiger partial charge on any atom is -0.394 e. The molecule has 1 unspecified atom stereocenters. The number of aliphatic hydroxyl groups excluding tert-OH is 1. The van der Waals surface area contributed by atoms with E-state index in [9.17, 15) is 9.90 Å². The second kappa shape index (κ2) is 7.63. The van der Waals surface area contributed by atoms with E-state index < -0.39 is 0 Å². The molecule has 1 heterocycles. The first-order valence-electron chi connectivity index (χ1n) is 8.06. The summed E-state index contributed by atoms with van der Waals surface area (Å²) in [4.78, 5) is 12.6. The van der Waals surface area contributed by atoms with E-state index in [1.54, 1.807) is 42.8 Å². The van der Waals surface area contributed by atoms with Crippen LogP contribution < -0.4 is 5.32 Å². The van der Waals surface area contributed by atoms with Gasteiger partial charge in [-0.25, -0.2) is 0 Å². The van der Waals surface area contributed by atoms with Crippen molar-refractivity contribution in [1.29, 1.82) is 0 Å². The molecule has 0 aliphatic carbocycles. The van der Waals surface area contributed by atoms with E-state index in [0.717, 1.165) is 11.1 Å². The molecular weight excluding hydrogens is 354 g/mol. The second-order valence-corrected chi connectivity index (χ2v) is 6.41. The molecule has 0 fully saturated rings. The van der Waals surface area contributed by atoms with Crippen molar-refractivity contribution in [2.75, 3.05) is 6.61 Å². The number of halogens is 1. The lowest BCUT2D eigenvalue weighted by molar-refractivity contribution is 0.0922. The molecule has 0 saturated heterocycles. The normalized spacial score (nSPS) is 12.0. The van der Waals surface area contributed by atoms with Crippen molar-refractivity contribution in [2.24, 2.45) is 0 Å². The first-order valence-corrected chi connectivity index (χ1v) is 8.44. The Morgan fingerprint density at radius 3 is 2.58 bits per heavy atom. The average Bonchev–Trinajstić information content (AvgIpc) is 3.07. The summed E-state index contributed by atoms with van der Waals surface area (Å²) in [5, 5.41) is 24.1. The number of hydrogen-bond donors (Lipinski definition) is 2. The lowest BCUT2D eigenvalue weighted by atomic mass is 10.0. The largest absolute Gasteiger partial charge is 0.394 e. The SMILES string of the molecule is Cc1nnnn1-c1cc(C(=O)NC(C)CO)cc(-c2ccc(Cl)cc2)c1. The summed E-state index contributed by atoms with van der Waals surface area (Å²) in [6.45, 7) is 3.37. The fourth-order valence-corrected chi connectivity index (χ4v) is 2.62. The van der Waals surface area contributed by atoms with Crippen molar-refractivity contribution < 1.29 is 9.90 Å². The fourth-order valence-electron chi connectivity index (χ4n) is 2.50. The van der Waals surface area contributed by atoms with E-state index in [0.29, 0.717) is 22.1 Å². The van der Waals surface area contributed by atoms with Gasteiger partial charge in [-0.05, 0) is 65.7 Å². The number of rotatable bonds is 5. The Balaban J connectivity index is 2.09. The van der Waals surface area contributed by atoms with Crippen LogP contribution in [0.25, 0.3) is 16.8 Å². The Hall–Kier alpha value is -2.77. The molecule has 2 aromatic carbocycles. The molecule has 2 N–H and O–H groups in total. The van der Waals surface area contributed by atoms with Gasteiger partial charge in [-0.2, -0.15) is 4.68 Å². The van der Waals surface area contributed by atoms with Crippen LogP contribution in [0.1, 0.15) is 23.1 Å². The molecule has 3 aromatic rings. The van der Waals surface area contributed by atoms with Crippen LogP contribution in [0, 0.1) is 6.92 Å². The Morgan fingerprint density at radius 2 is 1.96 bits per heavy atom. The highest BCUT2D eigenvalue weighted by Crippen LogP contribution is 2.26. The van der Waals surface area contributed by atoms with Gasteiger partial charge < -0.3 is 10.4 Å². The van der Waals surface area contributed by atoms with Crippen LogP contribution in [-0.2, 0) is 0 Å². The summed E-state index contributed by atoms with van der Waals surface area (Å²) in [6.07, 6.45) is 0. The number of aromatic nitrogens is 4. The van der Waals surface area contributed by atoms with Crippen LogP contribution in [0.15, 0.2) is 42.5 Å². The van der Waals surface area contributed by atoms with E-state index in [4.69, 9.17) is 11.6 Å². The van der Waals surface area contributed by atoms with Gasteiger partial charge in [-0.3, -0.25) is 4.79 Å². The Labute approximate surface area is 155 Å². The monoisotopic (exact) mass is 371 g/mol. The lowest BCUT2D eigenvalue weighted by Gasteiger charge is -2.13. The maximum absolute atomic E-state index is 12.6. The smallest absolute Gasteiger partial charge is 0.251 e. The number of tetrazole rings is 1. The molecule has 26 heavy (non-hydrogen) atoms. The summed E-state index contributed by atoms with van der Waals surface area (Å²) in [6, 6.07) is 12.4. The Kier molecular flexibility index (Phi) is 5.29. The molecule has 8 heteroatoms. The zero-order chi connectivity index (χ0) is 18.7. The Bertz CT molecular complexity index is 924. The molecule has 7 nitrogen and oxygen atoms in total. The van der Waals surface area contributed by atoms with Crippen molar-refractivity contribution in [1.82, 2.24) is 25.5 Å². The van der Waals surface area contributed by atoms with Gasteiger partial charge in [0.2, 0.25) is 0 Å². The Morgan fingerprint density at radius 1 is 1.23 bits per heavy atom. The van der Waals surface area contributed by atoms with Crippen LogP contribution in [-0.4, -0.2) is 43.9 Å². The third-order valence-electron chi connectivity index (χ3n) is 3.88. The van der Waals surface area contributed by atoms with Crippen molar-refractivity contribution in [3.63, 3.8) is 0 Å². The predicted molar refractivity (Wildman–Crippen MR) is 98.4 cm³/mol. The molecule has 1 aromatic heterocycles. The number of aryl methyl sites for hydroxylation is 1. The van der Waals surface area contributed by atoms with Crippen LogP contribution in [0.3, 0.4) is 0 Å². The van der Waals surface area contributed by atoms with Gasteiger partial charge in [-0.15, -0.1) is 5.10 Å². The summed E-state index contributed by atoms with van der Waals surface area (Å²) in [5.74, 6) is 0.322. The van der Waals surface area contributed by atoms with Crippen LogP contribution in [0.4, 0.5) is 0 Å². The van der Waals surface area contributed by atoms with E-state index in [-0.39, 0.29) is 18.6 Å². The first kappa shape index (κ1) is 18.0. The van der Waals surface area contributed by atoms with Gasteiger partial charge in [-0.1, -0.05) is 23.7 Å². The number of carbonyl (C=O) groups is 1. The first-order chi connectivity index (χ1) is 12.5. The molecule has 0 aliphatic heterocycles. The predicted octanol–water partition coefficient (Wildman–Crippen LogP) is 2.40. The molecule has 0 aliphatic rings. The van der Waals surface area contributed by atoms with Crippen molar-refractivity contribution in [2.45, 2.75) is 19.9 Å². The highest BCUT2D eigenvalue weighted by atomic mass is 35.5.